The van der Waals surface area contributed by atoms with Crippen LogP contribution in [0.25, 0.3) is 0 Å². The Morgan fingerprint density at radius 1 is 1.18 bits per heavy atom. The normalized spacial score (nSPS) is 16.9. The van der Waals surface area contributed by atoms with Gasteiger partial charge in [0.1, 0.15) is 0 Å². The Morgan fingerprint density at radius 2 is 1.76 bits per heavy atom. The highest BCUT2D eigenvalue weighted by atomic mass is 16.2. The van der Waals surface area contributed by atoms with Crippen LogP contribution in [-0.4, -0.2) is 30.1 Å². The zero-order valence-electron chi connectivity index (χ0n) is 10.9. The SMILES string of the molecule is CC(C)(C)NCC(=O)NC(=O)NC1CCCC1. The molecule has 5 nitrogen and oxygen atoms in total. The van der Waals surface area contributed by atoms with Gasteiger partial charge in [-0.15, -0.1) is 0 Å². The number of hydrogen-bond donors (Lipinski definition) is 3. The van der Waals surface area contributed by atoms with Gasteiger partial charge in [-0.25, -0.2) is 4.79 Å². The van der Waals surface area contributed by atoms with Crippen LogP contribution in [0, 0.1) is 0 Å². The molecule has 0 unspecified atom stereocenters. The summed E-state index contributed by atoms with van der Waals surface area (Å²) in [6, 6.07) is -0.143. The topological polar surface area (TPSA) is 70.2 Å². The first-order chi connectivity index (χ1) is 7.87. The second kappa shape index (κ2) is 6.00. The first-order valence-electron chi connectivity index (χ1n) is 6.22. The molecule has 1 aliphatic carbocycles. The molecule has 0 aromatic rings. The van der Waals surface area contributed by atoms with Gasteiger partial charge in [0.25, 0.3) is 0 Å². The maximum Gasteiger partial charge on any atom is 0.321 e. The molecule has 0 heterocycles. The molecule has 1 fully saturated rings. The molecule has 17 heavy (non-hydrogen) atoms. The van der Waals surface area contributed by atoms with Gasteiger partial charge in [-0.1, -0.05) is 12.8 Å². The van der Waals surface area contributed by atoms with E-state index in [0.717, 1.165) is 25.7 Å². The van der Waals surface area contributed by atoms with Gasteiger partial charge < -0.3 is 10.6 Å². The van der Waals surface area contributed by atoms with Gasteiger partial charge in [0.15, 0.2) is 0 Å². The highest BCUT2D eigenvalue weighted by Crippen LogP contribution is 2.17. The first kappa shape index (κ1) is 14.0. The number of carbonyl (C=O) groups is 2. The van der Waals surface area contributed by atoms with Crippen molar-refractivity contribution in [3.05, 3.63) is 0 Å². The van der Waals surface area contributed by atoms with Crippen molar-refractivity contribution in [2.45, 2.75) is 58.0 Å². The summed E-state index contributed by atoms with van der Waals surface area (Å²) in [4.78, 5) is 22.9. The highest BCUT2D eigenvalue weighted by molar-refractivity contribution is 5.95. The average molecular weight is 241 g/mol. The summed E-state index contributed by atoms with van der Waals surface area (Å²) in [6.07, 6.45) is 4.35. The minimum atomic E-state index is -0.377. The van der Waals surface area contributed by atoms with Crippen LogP contribution in [0.1, 0.15) is 46.5 Å². The largest absolute Gasteiger partial charge is 0.335 e. The van der Waals surface area contributed by atoms with E-state index in [4.69, 9.17) is 0 Å². The third-order valence-corrected chi connectivity index (χ3v) is 2.72. The Hall–Kier alpha value is -1.10. The van der Waals surface area contributed by atoms with E-state index in [0.29, 0.717) is 0 Å². The smallest absolute Gasteiger partial charge is 0.321 e. The van der Waals surface area contributed by atoms with E-state index in [1.54, 1.807) is 0 Å². The van der Waals surface area contributed by atoms with Crippen molar-refractivity contribution in [3.8, 4) is 0 Å². The van der Waals surface area contributed by atoms with E-state index in [9.17, 15) is 9.59 Å². The first-order valence-corrected chi connectivity index (χ1v) is 6.22. The summed E-state index contributed by atoms with van der Waals surface area (Å²) < 4.78 is 0. The number of hydrogen-bond acceptors (Lipinski definition) is 3. The third-order valence-electron chi connectivity index (χ3n) is 2.72. The fraction of sp³-hybridized carbons (Fsp3) is 0.833. The minimum absolute atomic E-state index is 0.126. The maximum absolute atomic E-state index is 11.5. The minimum Gasteiger partial charge on any atom is -0.335 e. The van der Waals surface area contributed by atoms with Crippen LogP contribution in [0.15, 0.2) is 0 Å². The summed E-state index contributed by atoms with van der Waals surface area (Å²) >= 11 is 0. The van der Waals surface area contributed by atoms with Crippen LogP contribution >= 0.6 is 0 Å². The lowest BCUT2D eigenvalue weighted by Crippen LogP contribution is -2.49. The molecule has 0 atom stereocenters. The summed E-state index contributed by atoms with van der Waals surface area (Å²) in [7, 11) is 0. The molecule has 0 aromatic carbocycles. The van der Waals surface area contributed by atoms with Crippen LogP contribution in [0.5, 0.6) is 0 Å². The molecule has 98 valence electrons. The van der Waals surface area contributed by atoms with E-state index in [-0.39, 0.29) is 30.1 Å². The van der Waals surface area contributed by atoms with Crippen molar-refractivity contribution in [1.82, 2.24) is 16.0 Å². The predicted octanol–water partition coefficient (Wildman–Crippen LogP) is 1.14. The van der Waals surface area contributed by atoms with E-state index < -0.39 is 0 Å². The van der Waals surface area contributed by atoms with Crippen molar-refractivity contribution < 1.29 is 9.59 Å². The van der Waals surface area contributed by atoms with Crippen LogP contribution in [-0.2, 0) is 4.79 Å². The predicted molar refractivity (Wildman–Crippen MR) is 66.7 cm³/mol. The quantitative estimate of drug-likeness (QED) is 0.694. The molecule has 0 radical (unpaired) electrons. The van der Waals surface area contributed by atoms with Crippen molar-refractivity contribution in [3.63, 3.8) is 0 Å². The standard InChI is InChI=1S/C12H23N3O2/c1-12(2,3)13-8-10(16)15-11(17)14-9-6-4-5-7-9/h9,13H,4-8H2,1-3H3,(H2,14,15,16,17). The molecule has 1 saturated carbocycles. The lowest BCUT2D eigenvalue weighted by Gasteiger charge is -2.20. The Bertz CT molecular complexity index is 278. The number of imide groups is 1. The number of rotatable bonds is 3. The number of carbonyl (C=O) groups excluding carboxylic acids is 2. The van der Waals surface area contributed by atoms with Crippen LogP contribution < -0.4 is 16.0 Å². The molecule has 3 amide bonds. The van der Waals surface area contributed by atoms with E-state index in [2.05, 4.69) is 16.0 Å². The van der Waals surface area contributed by atoms with Crippen molar-refractivity contribution in [2.24, 2.45) is 0 Å². The molecule has 1 aliphatic rings. The van der Waals surface area contributed by atoms with Crippen LogP contribution in [0.4, 0.5) is 4.79 Å². The molecule has 5 heteroatoms. The lowest BCUT2D eigenvalue weighted by atomic mass is 10.1. The molecule has 1 rings (SSSR count). The Balaban J connectivity index is 2.19. The molecule has 0 spiro atoms. The van der Waals surface area contributed by atoms with E-state index >= 15 is 0 Å². The van der Waals surface area contributed by atoms with Gasteiger partial charge in [-0.2, -0.15) is 0 Å². The third kappa shape index (κ3) is 6.26. The fourth-order valence-corrected chi connectivity index (χ4v) is 1.81. The number of amides is 3. The van der Waals surface area contributed by atoms with E-state index in [1.165, 1.54) is 0 Å². The van der Waals surface area contributed by atoms with E-state index in [1.807, 2.05) is 20.8 Å². The molecular formula is C12H23N3O2. The summed E-state index contributed by atoms with van der Waals surface area (Å²) in [5.74, 6) is -0.296. The molecular weight excluding hydrogens is 218 g/mol. The lowest BCUT2D eigenvalue weighted by molar-refractivity contribution is -0.119. The van der Waals surface area contributed by atoms with Gasteiger partial charge in [0.05, 0.1) is 6.54 Å². The van der Waals surface area contributed by atoms with Crippen LogP contribution in [0.3, 0.4) is 0 Å². The van der Waals surface area contributed by atoms with Crippen molar-refractivity contribution >= 4 is 11.9 Å². The zero-order valence-corrected chi connectivity index (χ0v) is 10.9. The summed E-state index contributed by atoms with van der Waals surface area (Å²) in [6.45, 7) is 6.07. The van der Waals surface area contributed by atoms with Crippen LogP contribution in [0.2, 0.25) is 0 Å². The average Bonchev–Trinajstić information content (AvgIpc) is 2.66. The molecule has 0 aliphatic heterocycles. The Kier molecular flexibility index (Phi) is 4.93. The summed E-state index contributed by atoms with van der Waals surface area (Å²) in [5, 5.41) is 8.16. The molecule has 3 N–H and O–H groups in total. The molecule has 0 saturated heterocycles. The summed E-state index contributed by atoms with van der Waals surface area (Å²) in [5.41, 5.74) is -0.126. The molecule has 0 aromatic heterocycles. The van der Waals surface area contributed by atoms with Gasteiger partial charge in [0.2, 0.25) is 5.91 Å². The van der Waals surface area contributed by atoms with Crippen molar-refractivity contribution in [1.29, 1.82) is 0 Å². The fourth-order valence-electron chi connectivity index (χ4n) is 1.81. The van der Waals surface area contributed by atoms with Gasteiger partial charge in [-0.05, 0) is 33.6 Å². The second-order valence-electron chi connectivity index (χ2n) is 5.61. The highest BCUT2D eigenvalue weighted by Gasteiger charge is 2.18. The van der Waals surface area contributed by atoms with Gasteiger partial charge in [0, 0.05) is 11.6 Å². The number of urea groups is 1. The zero-order chi connectivity index (χ0) is 12.9. The second-order valence-corrected chi connectivity index (χ2v) is 5.61. The molecule has 0 bridgehead atoms. The van der Waals surface area contributed by atoms with Crippen molar-refractivity contribution in [2.75, 3.05) is 6.54 Å². The maximum atomic E-state index is 11.5. The number of nitrogens with one attached hydrogen (secondary N) is 3. The monoisotopic (exact) mass is 241 g/mol. The van der Waals surface area contributed by atoms with Gasteiger partial charge >= 0.3 is 6.03 Å². The van der Waals surface area contributed by atoms with Gasteiger partial charge in [-0.3, -0.25) is 10.1 Å². The Labute approximate surface area is 103 Å². The Morgan fingerprint density at radius 3 is 2.29 bits per heavy atom.